The van der Waals surface area contributed by atoms with Gasteiger partial charge < -0.3 is 16.0 Å². The number of halogens is 3. The summed E-state index contributed by atoms with van der Waals surface area (Å²) >= 11 is 0. The first-order valence-corrected chi connectivity index (χ1v) is 4.17. The first kappa shape index (κ1) is 10.5. The van der Waals surface area contributed by atoms with Crippen LogP contribution in [0.25, 0.3) is 11.2 Å². The van der Waals surface area contributed by atoms with Gasteiger partial charge in [0.15, 0.2) is 11.5 Å². The number of imidazole rings is 1. The molecule has 0 aromatic carbocycles. The molecule has 0 unspecified atom stereocenters. The van der Waals surface area contributed by atoms with Gasteiger partial charge in [-0.1, -0.05) is 0 Å². The average molecular weight is 232 g/mol. The van der Waals surface area contributed by atoms with Gasteiger partial charge >= 0.3 is 6.18 Å². The lowest BCUT2D eigenvalue weighted by molar-refractivity contribution is -0.140. The molecule has 0 atom stereocenters. The highest BCUT2D eigenvalue weighted by molar-refractivity contribution is 5.82. The summed E-state index contributed by atoms with van der Waals surface area (Å²) in [4.78, 5) is 11.0. The molecule has 0 saturated carbocycles. The SMILES string of the molecule is Nc1nc(N)c2ncn(CC(F)(F)F)c2n1. The van der Waals surface area contributed by atoms with Crippen molar-refractivity contribution in [2.45, 2.75) is 12.7 Å². The number of rotatable bonds is 1. The van der Waals surface area contributed by atoms with Crippen LogP contribution in [0.1, 0.15) is 0 Å². The highest BCUT2D eigenvalue weighted by Gasteiger charge is 2.29. The number of hydrogen-bond acceptors (Lipinski definition) is 5. The predicted octanol–water partition coefficient (Wildman–Crippen LogP) is 0.553. The Labute approximate surface area is 87.1 Å². The highest BCUT2D eigenvalue weighted by Crippen LogP contribution is 2.22. The molecule has 0 aliphatic heterocycles. The van der Waals surface area contributed by atoms with Crippen molar-refractivity contribution in [2.24, 2.45) is 0 Å². The van der Waals surface area contributed by atoms with Crippen molar-refractivity contribution in [3.8, 4) is 0 Å². The second kappa shape index (κ2) is 3.22. The molecule has 0 spiro atoms. The van der Waals surface area contributed by atoms with Crippen LogP contribution in [-0.2, 0) is 6.54 Å². The van der Waals surface area contributed by atoms with Crippen LogP contribution in [0, 0.1) is 0 Å². The normalized spacial score (nSPS) is 12.2. The van der Waals surface area contributed by atoms with E-state index in [4.69, 9.17) is 11.5 Å². The molecule has 2 aromatic rings. The van der Waals surface area contributed by atoms with E-state index in [0.717, 1.165) is 10.9 Å². The molecule has 4 N–H and O–H groups in total. The van der Waals surface area contributed by atoms with Gasteiger partial charge in [-0.2, -0.15) is 23.1 Å². The number of anilines is 2. The Balaban J connectivity index is 2.56. The summed E-state index contributed by atoms with van der Waals surface area (Å²) in [6.07, 6.45) is -3.36. The zero-order valence-corrected chi connectivity index (χ0v) is 7.86. The van der Waals surface area contributed by atoms with E-state index in [2.05, 4.69) is 15.0 Å². The van der Waals surface area contributed by atoms with Crippen molar-refractivity contribution in [2.75, 3.05) is 11.5 Å². The van der Waals surface area contributed by atoms with Gasteiger partial charge in [-0.25, -0.2) is 4.98 Å². The number of alkyl halides is 3. The number of hydrogen-bond donors (Lipinski definition) is 2. The van der Waals surface area contributed by atoms with Crippen LogP contribution in [0.5, 0.6) is 0 Å². The Morgan fingerprint density at radius 3 is 2.56 bits per heavy atom. The van der Waals surface area contributed by atoms with E-state index >= 15 is 0 Å². The molecule has 9 heteroatoms. The Morgan fingerprint density at radius 2 is 1.94 bits per heavy atom. The number of nitrogens with two attached hydrogens (primary N) is 2. The summed E-state index contributed by atoms with van der Waals surface area (Å²) in [5.41, 5.74) is 10.8. The third-order valence-electron chi connectivity index (χ3n) is 1.86. The van der Waals surface area contributed by atoms with Gasteiger partial charge in [-0.05, 0) is 0 Å². The first-order chi connectivity index (χ1) is 7.37. The van der Waals surface area contributed by atoms with Crippen molar-refractivity contribution in [1.29, 1.82) is 0 Å². The first-order valence-electron chi connectivity index (χ1n) is 4.17. The van der Waals surface area contributed by atoms with Crippen LogP contribution < -0.4 is 11.5 Å². The van der Waals surface area contributed by atoms with Gasteiger partial charge in [0.1, 0.15) is 12.1 Å². The molecule has 0 amide bonds. The molecular weight excluding hydrogens is 225 g/mol. The van der Waals surface area contributed by atoms with Crippen molar-refractivity contribution in [3.63, 3.8) is 0 Å². The van der Waals surface area contributed by atoms with E-state index < -0.39 is 12.7 Å². The van der Waals surface area contributed by atoms with Gasteiger partial charge in [0.05, 0.1) is 6.33 Å². The maximum atomic E-state index is 12.2. The molecule has 2 aromatic heterocycles. The minimum absolute atomic E-state index is 0.0256. The van der Waals surface area contributed by atoms with Crippen LogP contribution >= 0.6 is 0 Å². The lowest BCUT2D eigenvalue weighted by atomic mass is 10.5. The summed E-state index contributed by atoms with van der Waals surface area (Å²) in [6.45, 7) is -1.20. The fourth-order valence-corrected chi connectivity index (χ4v) is 1.29. The monoisotopic (exact) mass is 232 g/mol. The largest absolute Gasteiger partial charge is 0.406 e. The lowest BCUT2D eigenvalue weighted by Gasteiger charge is -2.07. The van der Waals surface area contributed by atoms with Crippen molar-refractivity contribution in [3.05, 3.63) is 6.33 Å². The van der Waals surface area contributed by atoms with Gasteiger partial charge in [0, 0.05) is 0 Å². The van der Waals surface area contributed by atoms with Gasteiger partial charge in [-0.15, -0.1) is 0 Å². The van der Waals surface area contributed by atoms with Gasteiger partial charge in [-0.3, -0.25) is 0 Å². The molecule has 0 aliphatic carbocycles. The molecule has 2 heterocycles. The molecule has 0 bridgehead atoms. The quantitative estimate of drug-likeness (QED) is 0.748. The van der Waals surface area contributed by atoms with E-state index in [1.807, 2.05) is 0 Å². The molecule has 0 fully saturated rings. The Morgan fingerprint density at radius 1 is 1.25 bits per heavy atom. The van der Waals surface area contributed by atoms with Crippen LogP contribution in [-0.4, -0.2) is 25.7 Å². The van der Waals surface area contributed by atoms with E-state index in [1.54, 1.807) is 0 Å². The summed E-state index contributed by atoms with van der Waals surface area (Å²) in [7, 11) is 0. The zero-order chi connectivity index (χ0) is 11.9. The number of nitrogens with zero attached hydrogens (tertiary/aromatic N) is 4. The maximum absolute atomic E-state index is 12.2. The Bertz CT molecular complexity index is 531. The predicted molar refractivity (Wildman–Crippen MR) is 50.2 cm³/mol. The summed E-state index contributed by atoms with van der Waals surface area (Å²) < 4.78 is 37.4. The molecule has 6 nitrogen and oxygen atoms in total. The van der Waals surface area contributed by atoms with Crippen LogP contribution in [0.3, 0.4) is 0 Å². The summed E-state index contributed by atoms with van der Waals surface area (Å²) in [5.74, 6) is -0.225. The zero-order valence-electron chi connectivity index (χ0n) is 7.86. The third-order valence-corrected chi connectivity index (χ3v) is 1.86. The second-order valence-electron chi connectivity index (χ2n) is 3.13. The fraction of sp³-hybridized carbons (Fsp3) is 0.286. The third kappa shape index (κ3) is 1.83. The smallest absolute Gasteiger partial charge is 0.382 e. The standard InChI is InChI=1S/C7H7F3N6/c8-7(9,10)1-16-2-13-3-4(11)14-6(12)15-5(3)16/h2H,1H2,(H4,11,12,14,15). The van der Waals surface area contributed by atoms with Gasteiger partial charge in [0.25, 0.3) is 0 Å². The number of nitrogen functional groups attached to an aromatic ring is 2. The van der Waals surface area contributed by atoms with E-state index in [1.165, 1.54) is 0 Å². The molecule has 0 saturated heterocycles. The highest BCUT2D eigenvalue weighted by atomic mass is 19.4. The van der Waals surface area contributed by atoms with E-state index in [9.17, 15) is 13.2 Å². The fourth-order valence-electron chi connectivity index (χ4n) is 1.29. The lowest BCUT2D eigenvalue weighted by Crippen LogP contribution is -2.17. The van der Waals surface area contributed by atoms with Crippen LogP contribution in [0.2, 0.25) is 0 Å². The Hall–Kier alpha value is -2.06. The molecule has 0 aliphatic rings. The van der Waals surface area contributed by atoms with Crippen molar-refractivity contribution in [1.82, 2.24) is 19.5 Å². The summed E-state index contributed by atoms with van der Waals surface area (Å²) in [5, 5.41) is 0. The van der Waals surface area contributed by atoms with Crippen molar-refractivity contribution < 1.29 is 13.2 Å². The molecule has 2 rings (SSSR count). The topological polar surface area (TPSA) is 95.6 Å². The molecule has 86 valence electrons. The molecule has 0 radical (unpaired) electrons. The molecular formula is C7H7F3N6. The second-order valence-corrected chi connectivity index (χ2v) is 3.13. The number of aromatic nitrogens is 4. The maximum Gasteiger partial charge on any atom is 0.406 e. The molecule has 16 heavy (non-hydrogen) atoms. The van der Waals surface area contributed by atoms with Gasteiger partial charge in [0.2, 0.25) is 5.95 Å². The van der Waals surface area contributed by atoms with Crippen LogP contribution in [0.4, 0.5) is 24.9 Å². The number of fused-ring (bicyclic) bond motifs is 1. The average Bonchev–Trinajstić information content (AvgIpc) is 2.46. The minimum Gasteiger partial charge on any atom is -0.382 e. The van der Waals surface area contributed by atoms with E-state index in [-0.39, 0.29) is 22.9 Å². The van der Waals surface area contributed by atoms with Crippen LogP contribution in [0.15, 0.2) is 6.33 Å². The Kier molecular flexibility index (Phi) is 2.10. The van der Waals surface area contributed by atoms with Crippen molar-refractivity contribution >= 4 is 22.9 Å². The summed E-state index contributed by atoms with van der Waals surface area (Å²) in [6, 6.07) is 0. The van der Waals surface area contributed by atoms with E-state index in [0.29, 0.717) is 0 Å². The minimum atomic E-state index is -4.36.